The molecular formula is C14H18FN3. The summed E-state index contributed by atoms with van der Waals surface area (Å²) in [4.78, 5) is 4.43. The van der Waals surface area contributed by atoms with Gasteiger partial charge < -0.3 is 9.88 Å². The van der Waals surface area contributed by atoms with Crippen LogP contribution < -0.4 is 5.32 Å². The second-order valence-corrected chi connectivity index (χ2v) is 4.76. The highest BCUT2D eigenvalue weighted by molar-refractivity contribution is 5.31. The molecule has 1 heterocycles. The van der Waals surface area contributed by atoms with Gasteiger partial charge in [0.2, 0.25) is 5.95 Å². The van der Waals surface area contributed by atoms with E-state index in [0.29, 0.717) is 12.6 Å². The molecule has 0 fully saturated rings. The van der Waals surface area contributed by atoms with Crippen molar-refractivity contribution in [2.24, 2.45) is 0 Å². The Kier molecular flexibility index (Phi) is 3.65. The lowest BCUT2D eigenvalue weighted by molar-refractivity contribution is 0.623. The molecule has 0 aliphatic carbocycles. The smallest absolute Gasteiger partial charge is 0.203 e. The summed E-state index contributed by atoms with van der Waals surface area (Å²) in [5.41, 5.74) is 1.88. The molecule has 0 spiro atoms. The van der Waals surface area contributed by atoms with Gasteiger partial charge in [0.25, 0.3) is 0 Å². The molecule has 0 unspecified atom stereocenters. The monoisotopic (exact) mass is 247 g/mol. The second-order valence-electron chi connectivity index (χ2n) is 4.76. The Labute approximate surface area is 107 Å². The highest BCUT2D eigenvalue weighted by Gasteiger charge is 2.07. The summed E-state index contributed by atoms with van der Waals surface area (Å²) in [6.45, 7) is 6.70. The molecule has 1 aromatic carbocycles. The van der Waals surface area contributed by atoms with Crippen LogP contribution in [0.15, 0.2) is 30.5 Å². The number of rotatable bonds is 4. The van der Waals surface area contributed by atoms with Crippen molar-refractivity contribution in [3.05, 3.63) is 47.5 Å². The maximum Gasteiger partial charge on any atom is 0.203 e. The molecule has 0 radical (unpaired) electrons. The third kappa shape index (κ3) is 3.09. The van der Waals surface area contributed by atoms with Crippen LogP contribution in [0.3, 0.4) is 0 Å². The maximum atomic E-state index is 13.1. The first-order valence-electron chi connectivity index (χ1n) is 6.09. The molecule has 2 rings (SSSR count). The number of halogens is 1. The fourth-order valence-electron chi connectivity index (χ4n) is 1.87. The predicted molar refractivity (Wildman–Crippen MR) is 71.2 cm³/mol. The molecule has 4 heteroatoms. The van der Waals surface area contributed by atoms with Gasteiger partial charge in [0, 0.05) is 12.2 Å². The molecule has 0 bridgehead atoms. The van der Waals surface area contributed by atoms with Gasteiger partial charge in [-0.15, -0.1) is 0 Å². The topological polar surface area (TPSA) is 29.9 Å². The van der Waals surface area contributed by atoms with Crippen LogP contribution >= 0.6 is 0 Å². The van der Waals surface area contributed by atoms with E-state index >= 15 is 0 Å². The van der Waals surface area contributed by atoms with Crippen molar-refractivity contribution in [2.45, 2.75) is 33.4 Å². The number of hydrogen-bond acceptors (Lipinski definition) is 2. The lowest BCUT2D eigenvalue weighted by Crippen LogP contribution is -2.15. The SMILES string of the molecule is Cc1cn(Cc2cccc(F)c2)c(NC(C)C)n1. The molecule has 3 nitrogen and oxygen atoms in total. The van der Waals surface area contributed by atoms with E-state index in [0.717, 1.165) is 17.2 Å². The van der Waals surface area contributed by atoms with Crippen LogP contribution in [0.2, 0.25) is 0 Å². The van der Waals surface area contributed by atoms with Gasteiger partial charge >= 0.3 is 0 Å². The van der Waals surface area contributed by atoms with Crippen molar-refractivity contribution in [2.75, 3.05) is 5.32 Å². The van der Waals surface area contributed by atoms with Gasteiger partial charge in [-0.25, -0.2) is 9.37 Å². The van der Waals surface area contributed by atoms with Crippen molar-refractivity contribution in [1.82, 2.24) is 9.55 Å². The van der Waals surface area contributed by atoms with Crippen LogP contribution in [0.25, 0.3) is 0 Å². The largest absolute Gasteiger partial charge is 0.353 e. The van der Waals surface area contributed by atoms with Gasteiger partial charge in [-0.05, 0) is 38.5 Å². The number of nitrogens with one attached hydrogen (secondary N) is 1. The van der Waals surface area contributed by atoms with E-state index in [1.165, 1.54) is 6.07 Å². The predicted octanol–water partition coefficient (Wildman–Crippen LogP) is 3.20. The summed E-state index contributed by atoms with van der Waals surface area (Å²) in [6.07, 6.45) is 1.97. The van der Waals surface area contributed by atoms with E-state index in [1.54, 1.807) is 12.1 Å². The molecule has 1 N–H and O–H groups in total. The summed E-state index contributed by atoms with van der Waals surface area (Å²) < 4.78 is 15.1. The van der Waals surface area contributed by atoms with Gasteiger partial charge in [0.05, 0.1) is 12.2 Å². The third-order valence-electron chi connectivity index (χ3n) is 2.56. The third-order valence-corrected chi connectivity index (χ3v) is 2.56. The minimum absolute atomic E-state index is 0.206. The Balaban J connectivity index is 2.23. The Morgan fingerprint density at radius 3 is 2.83 bits per heavy atom. The van der Waals surface area contributed by atoms with Crippen LogP contribution in [0, 0.1) is 12.7 Å². The van der Waals surface area contributed by atoms with E-state index in [2.05, 4.69) is 24.1 Å². The average molecular weight is 247 g/mol. The summed E-state index contributed by atoms with van der Waals surface area (Å²) in [6, 6.07) is 6.96. The molecule has 0 amide bonds. The van der Waals surface area contributed by atoms with Crippen molar-refractivity contribution in [3.63, 3.8) is 0 Å². The molecule has 1 aromatic heterocycles. The number of benzene rings is 1. The van der Waals surface area contributed by atoms with Crippen molar-refractivity contribution < 1.29 is 4.39 Å². The molecule has 96 valence electrons. The molecule has 0 aliphatic rings. The quantitative estimate of drug-likeness (QED) is 0.899. The van der Waals surface area contributed by atoms with Crippen LogP contribution in [0.1, 0.15) is 25.1 Å². The molecule has 0 saturated heterocycles. The zero-order valence-electron chi connectivity index (χ0n) is 10.9. The van der Waals surface area contributed by atoms with Crippen molar-refractivity contribution >= 4 is 5.95 Å². The Morgan fingerprint density at radius 2 is 2.17 bits per heavy atom. The molecule has 0 saturated carbocycles. The fraction of sp³-hybridized carbons (Fsp3) is 0.357. The van der Waals surface area contributed by atoms with Crippen LogP contribution in [-0.4, -0.2) is 15.6 Å². The highest BCUT2D eigenvalue weighted by atomic mass is 19.1. The fourth-order valence-corrected chi connectivity index (χ4v) is 1.87. The van der Waals surface area contributed by atoms with Crippen molar-refractivity contribution in [3.8, 4) is 0 Å². The Morgan fingerprint density at radius 1 is 1.39 bits per heavy atom. The minimum atomic E-state index is -0.206. The zero-order chi connectivity index (χ0) is 13.1. The average Bonchev–Trinajstić information content (AvgIpc) is 2.58. The molecule has 0 atom stereocenters. The normalized spacial score (nSPS) is 10.9. The van der Waals surface area contributed by atoms with E-state index in [4.69, 9.17) is 0 Å². The van der Waals surface area contributed by atoms with Crippen molar-refractivity contribution in [1.29, 1.82) is 0 Å². The number of anilines is 1. The summed E-state index contributed by atoms with van der Waals surface area (Å²) in [5, 5.41) is 3.29. The highest BCUT2D eigenvalue weighted by Crippen LogP contribution is 2.13. The summed E-state index contributed by atoms with van der Waals surface area (Å²) >= 11 is 0. The van der Waals surface area contributed by atoms with Gasteiger partial charge in [-0.3, -0.25) is 0 Å². The standard InChI is InChI=1S/C14H18FN3/c1-10(2)16-14-17-11(3)8-18(14)9-12-5-4-6-13(15)7-12/h4-8,10H,9H2,1-3H3,(H,16,17). The Bertz CT molecular complexity index is 532. The lowest BCUT2D eigenvalue weighted by Gasteiger charge is -2.12. The van der Waals surface area contributed by atoms with Gasteiger partial charge in [0.1, 0.15) is 5.82 Å². The van der Waals surface area contributed by atoms with Crippen LogP contribution in [0.4, 0.5) is 10.3 Å². The van der Waals surface area contributed by atoms with Gasteiger partial charge in [-0.2, -0.15) is 0 Å². The molecule has 2 aromatic rings. The summed E-state index contributed by atoms with van der Waals surface area (Å²) in [7, 11) is 0. The molecular weight excluding hydrogens is 229 g/mol. The van der Waals surface area contributed by atoms with Gasteiger partial charge in [0.15, 0.2) is 0 Å². The number of hydrogen-bond donors (Lipinski definition) is 1. The number of nitrogens with zero attached hydrogens (tertiary/aromatic N) is 2. The zero-order valence-corrected chi connectivity index (χ0v) is 10.9. The maximum absolute atomic E-state index is 13.1. The van der Waals surface area contributed by atoms with E-state index in [9.17, 15) is 4.39 Å². The van der Waals surface area contributed by atoms with Gasteiger partial charge in [-0.1, -0.05) is 12.1 Å². The minimum Gasteiger partial charge on any atom is -0.353 e. The lowest BCUT2D eigenvalue weighted by atomic mass is 10.2. The first kappa shape index (κ1) is 12.6. The number of aromatic nitrogens is 2. The van der Waals surface area contributed by atoms with Crippen LogP contribution in [-0.2, 0) is 6.54 Å². The van der Waals surface area contributed by atoms with Crippen LogP contribution in [0.5, 0.6) is 0 Å². The second kappa shape index (κ2) is 5.21. The molecule has 18 heavy (non-hydrogen) atoms. The van der Waals surface area contributed by atoms with E-state index in [-0.39, 0.29) is 5.82 Å². The molecule has 0 aliphatic heterocycles. The first-order valence-corrected chi connectivity index (χ1v) is 6.09. The summed E-state index contributed by atoms with van der Waals surface area (Å²) in [5.74, 6) is 0.620. The Hall–Kier alpha value is -1.84. The van der Waals surface area contributed by atoms with E-state index < -0.39 is 0 Å². The number of imidazole rings is 1. The number of aryl methyl sites for hydroxylation is 1. The first-order chi connectivity index (χ1) is 8.54. The van der Waals surface area contributed by atoms with E-state index in [1.807, 2.05) is 23.8 Å².